The Bertz CT molecular complexity index is 672. The Balaban J connectivity index is 1.85. The van der Waals surface area contributed by atoms with Gasteiger partial charge in [0.1, 0.15) is 5.60 Å². The molecule has 0 aromatic heterocycles. The van der Waals surface area contributed by atoms with Gasteiger partial charge in [-0.3, -0.25) is 4.79 Å². The van der Waals surface area contributed by atoms with Gasteiger partial charge in [-0.25, -0.2) is 4.79 Å². The minimum atomic E-state index is -0.498. The number of piperidine rings is 1. The molecule has 1 aliphatic heterocycles. The number of rotatable bonds is 6. The monoisotopic (exact) mass is 403 g/mol. The summed E-state index contributed by atoms with van der Waals surface area (Å²) >= 11 is 0. The van der Waals surface area contributed by atoms with Gasteiger partial charge in [0.25, 0.3) is 0 Å². The van der Waals surface area contributed by atoms with Crippen LogP contribution >= 0.6 is 0 Å². The number of nitrogens with one attached hydrogen (secondary N) is 1. The van der Waals surface area contributed by atoms with Gasteiger partial charge in [-0.15, -0.1) is 0 Å². The fourth-order valence-electron chi connectivity index (χ4n) is 3.57. The van der Waals surface area contributed by atoms with Crippen molar-refractivity contribution in [1.29, 1.82) is 0 Å². The molecule has 29 heavy (non-hydrogen) atoms. The number of aryl methyl sites for hydroxylation is 1. The van der Waals surface area contributed by atoms with Gasteiger partial charge in [-0.1, -0.05) is 31.2 Å². The molecule has 162 valence electrons. The van der Waals surface area contributed by atoms with Crippen molar-refractivity contribution < 1.29 is 14.3 Å². The smallest absolute Gasteiger partial charge is 0.410 e. The Labute approximate surface area is 175 Å². The summed E-state index contributed by atoms with van der Waals surface area (Å²) in [5.74, 6) is 0.0184. The van der Waals surface area contributed by atoms with Crippen LogP contribution < -0.4 is 5.32 Å². The van der Waals surface area contributed by atoms with Crippen molar-refractivity contribution in [3.8, 4) is 0 Å². The summed E-state index contributed by atoms with van der Waals surface area (Å²) in [5.41, 5.74) is 2.02. The Kier molecular flexibility index (Phi) is 8.08. The molecule has 2 amide bonds. The van der Waals surface area contributed by atoms with Gasteiger partial charge in [0, 0.05) is 25.6 Å². The molecule has 1 aromatic rings. The van der Waals surface area contributed by atoms with E-state index >= 15 is 0 Å². The quantitative estimate of drug-likeness (QED) is 0.788. The molecule has 0 unspecified atom stereocenters. The number of nitrogens with zero attached hydrogens (tertiary/aromatic N) is 2. The highest BCUT2D eigenvalue weighted by Gasteiger charge is 2.30. The molecule has 2 rings (SSSR count). The van der Waals surface area contributed by atoms with Crippen molar-refractivity contribution >= 4 is 12.0 Å². The van der Waals surface area contributed by atoms with Crippen molar-refractivity contribution in [2.45, 2.75) is 58.6 Å². The molecule has 1 saturated heterocycles. The summed E-state index contributed by atoms with van der Waals surface area (Å²) in [6, 6.07) is 8.73. The maximum Gasteiger partial charge on any atom is 0.410 e. The van der Waals surface area contributed by atoms with E-state index in [2.05, 4.69) is 41.4 Å². The Morgan fingerprint density at radius 3 is 2.24 bits per heavy atom. The van der Waals surface area contributed by atoms with E-state index in [1.165, 1.54) is 11.1 Å². The lowest BCUT2D eigenvalue weighted by molar-refractivity contribution is -0.126. The first-order chi connectivity index (χ1) is 13.6. The second-order valence-electron chi connectivity index (χ2n) is 9.06. The predicted octanol–water partition coefficient (Wildman–Crippen LogP) is 3.62. The van der Waals surface area contributed by atoms with E-state index in [9.17, 15) is 9.59 Å². The minimum absolute atomic E-state index is 0.0565. The summed E-state index contributed by atoms with van der Waals surface area (Å²) in [5, 5.41) is 3.13. The van der Waals surface area contributed by atoms with Gasteiger partial charge in [0.15, 0.2) is 0 Å². The second-order valence-corrected chi connectivity index (χ2v) is 9.06. The number of hydrogen-bond acceptors (Lipinski definition) is 4. The fraction of sp³-hybridized carbons (Fsp3) is 0.652. The molecule has 1 fully saturated rings. The first-order valence-electron chi connectivity index (χ1n) is 10.6. The predicted molar refractivity (Wildman–Crippen MR) is 116 cm³/mol. The molecule has 1 aliphatic rings. The van der Waals surface area contributed by atoms with E-state index in [1.54, 1.807) is 4.90 Å². The van der Waals surface area contributed by atoms with Crippen LogP contribution in [-0.2, 0) is 16.0 Å². The fourth-order valence-corrected chi connectivity index (χ4v) is 3.57. The number of benzene rings is 1. The molecular weight excluding hydrogens is 366 g/mol. The molecule has 1 N–H and O–H groups in total. The summed E-state index contributed by atoms with van der Waals surface area (Å²) in [6.45, 7) is 9.42. The standard InChI is InChI=1S/C23H37N3O3/c1-7-17-8-10-18(11-9-17)20(25(5)6)16-24-21(27)19-12-14-26(15-13-19)22(28)29-23(2,3)4/h8-11,19-20H,7,12-16H2,1-6H3,(H,24,27)/t20-/m1/s1. The lowest BCUT2D eigenvalue weighted by Gasteiger charge is -2.33. The highest BCUT2D eigenvalue weighted by molar-refractivity contribution is 5.79. The zero-order valence-corrected chi connectivity index (χ0v) is 18.8. The maximum atomic E-state index is 12.7. The Morgan fingerprint density at radius 1 is 1.17 bits per heavy atom. The van der Waals surface area contributed by atoms with E-state index in [0.717, 1.165) is 6.42 Å². The number of likely N-dealkylation sites (tertiary alicyclic amines) is 1. The largest absolute Gasteiger partial charge is 0.444 e. The molecule has 0 aliphatic carbocycles. The number of carbonyl (C=O) groups excluding carboxylic acids is 2. The summed E-state index contributed by atoms with van der Waals surface area (Å²) in [4.78, 5) is 28.7. The summed E-state index contributed by atoms with van der Waals surface area (Å²) < 4.78 is 5.42. The molecule has 0 spiro atoms. The van der Waals surface area contributed by atoms with Crippen molar-refractivity contribution in [3.63, 3.8) is 0 Å². The van der Waals surface area contributed by atoms with Crippen LogP contribution in [0.4, 0.5) is 4.79 Å². The number of hydrogen-bond donors (Lipinski definition) is 1. The van der Waals surface area contributed by atoms with Crippen molar-refractivity contribution in [2.24, 2.45) is 5.92 Å². The van der Waals surface area contributed by atoms with Crippen LogP contribution in [0.15, 0.2) is 24.3 Å². The van der Waals surface area contributed by atoms with Crippen LogP contribution in [-0.4, -0.2) is 61.1 Å². The van der Waals surface area contributed by atoms with E-state index in [1.807, 2.05) is 34.9 Å². The number of carbonyl (C=O) groups is 2. The Hall–Kier alpha value is -2.08. The number of amides is 2. The van der Waals surface area contributed by atoms with E-state index in [-0.39, 0.29) is 24.0 Å². The summed E-state index contributed by atoms with van der Waals surface area (Å²) in [6.07, 6.45) is 2.07. The van der Waals surface area contributed by atoms with Gasteiger partial charge in [0.05, 0.1) is 6.04 Å². The molecule has 1 aromatic carbocycles. The first-order valence-corrected chi connectivity index (χ1v) is 10.6. The van der Waals surface area contributed by atoms with Crippen molar-refractivity contribution in [3.05, 3.63) is 35.4 Å². The number of likely N-dealkylation sites (N-methyl/N-ethyl adjacent to an activating group) is 1. The third-order valence-electron chi connectivity index (χ3n) is 5.38. The lowest BCUT2D eigenvalue weighted by Crippen LogP contribution is -2.45. The van der Waals surface area contributed by atoms with Gasteiger partial charge in [-0.2, -0.15) is 0 Å². The average Bonchev–Trinajstić information content (AvgIpc) is 2.67. The van der Waals surface area contributed by atoms with Crippen LogP contribution in [0.25, 0.3) is 0 Å². The van der Waals surface area contributed by atoms with E-state index in [0.29, 0.717) is 32.5 Å². The third-order valence-corrected chi connectivity index (χ3v) is 5.38. The molecule has 0 radical (unpaired) electrons. The third kappa shape index (κ3) is 7.03. The topological polar surface area (TPSA) is 61.9 Å². The zero-order chi connectivity index (χ0) is 21.6. The second kappa shape index (κ2) is 10.1. The van der Waals surface area contributed by atoms with E-state index < -0.39 is 5.60 Å². The van der Waals surface area contributed by atoms with Gasteiger partial charge < -0.3 is 19.9 Å². The SMILES string of the molecule is CCc1ccc([C@@H](CNC(=O)C2CCN(C(=O)OC(C)(C)C)CC2)N(C)C)cc1. The molecule has 1 atom stereocenters. The molecule has 6 nitrogen and oxygen atoms in total. The number of ether oxygens (including phenoxy) is 1. The van der Waals surface area contributed by atoms with Gasteiger partial charge in [-0.05, 0) is 65.3 Å². The van der Waals surface area contributed by atoms with Crippen molar-refractivity contribution in [1.82, 2.24) is 15.1 Å². The van der Waals surface area contributed by atoms with Crippen LogP contribution in [0.5, 0.6) is 0 Å². The van der Waals surface area contributed by atoms with Crippen LogP contribution in [0.3, 0.4) is 0 Å². The molecule has 1 heterocycles. The van der Waals surface area contributed by atoms with Crippen LogP contribution in [0.1, 0.15) is 57.7 Å². The minimum Gasteiger partial charge on any atom is -0.444 e. The summed E-state index contributed by atoms with van der Waals surface area (Å²) in [7, 11) is 4.06. The normalized spacial score (nSPS) is 16.6. The molecule has 0 saturated carbocycles. The molecule has 0 bridgehead atoms. The maximum absolute atomic E-state index is 12.7. The highest BCUT2D eigenvalue weighted by atomic mass is 16.6. The van der Waals surface area contributed by atoms with Crippen molar-refractivity contribution in [2.75, 3.05) is 33.7 Å². The lowest BCUT2D eigenvalue weighted by atomic mass is 9.95. The van der Waals surface area contributed by atoms with Gasteiger partial charge in [0.2, 0.25) is 5.91 Å². The highest BCUT2D eigenvalue weighted by Crippen LogP contribution is 2.22. The first kappa shape index (κ1) is 23.2. The molecule has 6 heteroatoms. The average molecular weight is 404 g/mol. The van der Waals surface area contributed by atoms with Crippen LogP contribution in [0, 0.1) is 5.92 Å². The van der Waals surface area contributed by atoms with Gasteiger partial charge >= 0.3 is 6.09 Å². The molecular formula is C23H37N3O3. The van der Waals surface area contributed by atoms with Crippen LogP contribution in [0.2, 0.25) is 0 Å². The Morgan fingerprint density at radius 2 is 1.76 bits per heavy atom. The van der Waals surface area contributed by atoms with E-state index in [4.69, 9.17) is 4.74 Å². The zero-order valence-electron chi connectivity index (χ0n) is 18.8.